The van der Waals surface area contributed by atoms with Gasteiger partial charge in [0.05, 0.1) is 5.69 Å². The van der Waals surface area contributed by atoms with E-state index in [4.69, 9.17) is 14.2 Å². The number of hydrogen-bond acceptors (Lipinski definition) is 4. The standard InChI is InChI=1S/C16H13BrFNO4/c17-10-7-14-15(22-6-5-21-14)8-12(10)19-16(20)9-23-13-4-2-1-3-11(13)18/h1-4,7-8H,5-6,9H2,(H,19,20). The number of nitrogens with one attached hydrogen (secondary N) is 1. The van der Waals surface area contributed by atoms with Crippen LogP contribution in [0, 0.1) is 5.82 Å². The van der Waals surface area contributed by atoms with E-state index in [2.05, 4.69) is 21.2 Å². The predicted octanol–water partition coefficient (Wildman–Crippen LogP) is 3.38. The van der Waals surface area contributed by atoms with Crippen molar-refractivity contribution in [1.82, 2.24) is 0 Å². The predicted molar refractivity (Wildman–Crippen MR) is 85.7 cm³/mol. The molecule has 1 amide bonds. The van der Waals surface area contributed by atoms with Crippen molar-refractivity contribution in [2.75, 3.05) is 25.1 Å². The molecule has 0 fully saturated rings. The third-order valence-corrected chi connectivity index (χ3v) is 3.76. The van der Waals surface area contributed by atoms with E-state index in [1.807, 2.05) is 0 Å². The van der Waals surface area contributed by atoms with Gasteiger partial charge >= 0.3 is 0 Å². The Morgan fingerprint density at radius 1 is 1.22 bits per heavy atom. The Bertz CT molecular complexity index is 738. The molecule has 2 aromatic carbocycles. The monoisotopic (exact) mass is 381 g/mol. The highest BCUT2D eigenvalue weighted by Crippen LogP contribution is 2.38. The highest BCUT2D eigenvalue weighted by Gasteiger charge is 2.16. The molecule has 1 aliphatic rings. The largest absolute Gasteiger partial charge is 0.486 e. The van der Waals surface area contributed by atoms with Gasteiger partial charge in [-0.15, -0.1) is 0 Å². The average molecular weight is 382 g/mol. The Morgan fingerprint density at radius 3 is 2.65 bits per heavy atom. The van der Waals surface area contributed by atoms with Crippen LogP contribution in [0.15, 0.2) is 40.9 Å². The van der Waals surface area contributed by atoms with Crippen LogP contribution in [0.4, 0.5) is 10.1 Å². The van der Waals surface area contributed by atoms with Crippen molar-refractivity contribution in [3.63, 3.8) is 0 Å². The summed E-state index contributed by atoms with van der Waals surface area (Å²) in [5.41, 5.74) is 0.524. The van der Waals surface area contributed by atoms with E-state index in [1.165, 1.54) is 12.1 Å². The first-order valence-electron chi connectivity index (χ1n) is 6.90. The number of carbonyl (C=O) groups excluding carboxylic acids is 1. The topological polar surface area (TPSA) is 56.8 Å². The number of ether oxygens (including phenoxy) is 3. The molecule has 3 rings (SSSR count). The van der Waals surface area contributed by atoms with Crippen LogP contribution in [0.2, 0.25) is 0 Å². The lowest BCUT2D eigenvalue weighted by molar-refractivity contribution is -0.118. The first kappa shape index (κ1) is 15.6. The van der Waals surface area contributed by atoms with Gasteiger partial charge in [-0.1, -0.05) is 12.1 Å². The van der Waals surface area contributed by atoms with Crippen LogP contribution in [-0.2, 0) is 4.79 Å². The molecule has 0 saturated heterocycles. The zero-order valence-corrected chi connectivity index (χ0v) is 13.6. The molecule has 1 aliphatic heterocycles. The Kier molecular flexibility index (Phi) is 4.66. The molecule has 0 atom stereocenters. The van der Waals surface area contributed by atoms with Gasteiger partial charge in [0.1, 0.15) is 13.2 Å². The fraction of sp³-hybridized carbons (Fsp3) is 0.188. The summed E-state index contributed by atoms with van der Waals surface area (Å²) >= 11 is 3.36. The van der Waals surface area contributed by atoms with Gasteiger partial charge in [-0.05, 0) is 28.1 Å². The van der Waals surface area contributed by atoms with E-state index in [9.17, 15) is 9.18 Å². The number of fused-ring (bicyclic) bond motifs is 1. The fourth-order valence-electron chi connectivity index (χ4n) is 2.05. The quantitative estimate of drug-likeness (QED) is 0.881. The van der Waals surface area contributed by atoms with E-state index < -0.39 is 11.7 Å². The Balaban J connectivity index is 1.65. The van der Waals surface area contributed by atoms with E-state index in [0.29, 0.717) is 34.9 Å². The van der Waals surface area contributed by atoms with Crippen LogP contribution >= 0.6 is 15.9 Å². The molecule has 0 saturated carbocycles. The van der Waals surface area contributed by atoms with Crippen molar-refractivity contribution in [2.24, 2.45) is 0 Å². The van der Waals surface area contributed by atoms with E-state index in [-0.39, 0.29) is 12.4 Å². The van der Waals surface area contributed by atoms with Crippen molar-refractivity contribution in [3.05, 3.63) is 46.7 Å². The van der Waals surface area contributed by atoms with Crippen LogP contribution < -0.4 is 19.5 Å². The smallest absolute Gasteiger partial charge is 0.262 e. The highest BCUT2D eigenvalue weighted by molar-refractivity contribution is 9.10. The van der Waals surface area contributed by atoms with E-state index in [1.54, 1.807) is 24.3 Å². The van der Waals surface area contributed by atoms with Crippen LogP contribution in [0.3, 0.4) is 0 Å². The molecule has 7 heteroatoms. The summed E-state index contributed by atoms with van der Waals surface area (Å²) in [6.07, 6.45) is 0. The molecule has 0 spiro atoms. The normalized spacial score (nSPS) is 12.6. The zero-order chi connectivity index (χ0) is 16.2. The van der Waals surface area contributed by atoms with Gasteiger partial charge < -0.3 is 19.5 Å². The summed E-state index contributed by atoms with van der Waals surface area (Å²) in [7, 11) is 0. The van der Waals surface area contributed by atoms with Crippen molar-refractivity contribution < 1.29 is 23.4 Å². The van der Waals surface area contributed by atoms with Gasteiger partial charge in [0.25, 0.3) is 5.91 Å². The van der Waals surface area contributed by atoms with Crippen molar-refractivity contribution in [3.8, 4) is 17.2 Å². The van der Waals surface area contributed by atoms with Crippen molar-refractivity contribution in [1.29, 1.82) is 0 Å². The SMILES string of the molecule is O=C(COc1ccccc1F)Nc1cc2c(cc1Br)OCCO2. The minimum atomic E-state index is -0.513. The van der Waals surface area contributed by atoms with E-state index >= 15 is 0 Å². The number of halogens is 2. The molecule has 0 aliphatic carbocycles. The maximum Gasteiger partial charge on any atom is 0.262 e. The van der Waals surface area contributed by atoms with Crippen LogP contribution in [0.5, 0.6) is 17.2 Å². The van der Waals surface area contributed by atoms with Gasteiger partial charge in [0, 0.05) is 16.6 Å². The number of rotatable bonds is 4. The van der Waals surface area contributed by atoms with E-state index in [0.717, 1.165) is 0 Å². The average Bonchev–Trinajstić information content (AvgIpc) is 2.55. The lowest BCUT2D eigenvalue weighted by Gasteiger charge is -2.20. The molecule has 0 unspecified atom stereocenters. The summed E-state index contributed by atoms with van der Waals surface area (Å²) in [4.78, 5) is 12.0. The number of anilines is 1. The third kappa shape index (κ3) is 3.73. The van der Waals surface area contributed by atoms with Gasteiger partial charge in [-0.2, -0.15) is 0 Å². The fourth-order valence-corrected chi connectivity index (χ4v) is 2.47. The summed E-state index contributed by atoms with van der Waals surface area (Å²) in [5, 5.41) is 2.68. The number of amides is 1. The number of carbonyl (C=O) groups is 1. The summed E-state index contributed by atoms with van der Waals surface area (Å²) in [6.45, 7) is 0.641. The molecule has 0 aromatic heterocycles. The molecular weight excluding hydrogens is 369 g/mol. The minimum absolute atomic E-state index is 0.0314. The second-order valence-electron chi connectivity index (χ2n) is 4.74. The second-order valence-corrected chi connectivity index (χ2v) is 5.60. The van der Waals surface area contributed by atoms with Crippen LogP contribution in [0.1, 0.15) is 0 Å². The molecule has 5 nitrogen and oxygen atoms in total. The Labute approximate surface area is 140 Å². The molecule has 1 heterocycles. The van der Waals surface area contributed by atoms with Gasteiger partial charge in [-0.3, -0.25) is 4.79 Å². The van der Waals surface area contributed by atoms with Crippen LogP contribution in [0.25, 0.3) is 0 Å². The molecule has 0 radical (unpaired) electrons. The lowest BCUT2D eigenvalue weighted by atomic mass is 10.2. The number of para-hydroxylation sites is 1. The summed E-state index contributed by atoms with van der Waals surface area (Å²) in [5.74, 6) is 0.281. The summed E-state index contributed by atoms with van der Waals surface area (Å²) in [6, 6.07) is 9.30. The zero-order valence-electron chi connectivity index (χ0n) is 12.0. The van der Waals surface area contributed by atoms with Gasteiger partial charge in [0.2, 0.25) is 0 Å². The third-order valence-electron chi connectivity index (χ3n) is 3.10. The van der Waals surface area contributed by atoms with Gasteiger partial charge in [0.15, 0.2) is 29.7 Å². The van der Waals surface area contributed by atoms with Crippen molar-refractivity contribution >= 4 is 27.5 Å². The highest BCUT2D eigenvalue weighted by atomic mass is 79.9. The first-order valence-corrected chi connectivity index (χ1v) is 7.69. The molecular formula is C16H13BrFNO4. The molecule has 120 valence electrons. The Hall–Kier alpha value is -2.28. The summed E-state index contributed by atoms with van der Waals surface area (Å²) < 4.78 is 30.2. The first-order chi connectivity index (χ1) is 11.1. The minimum Gasteiger partial charge on any atom is -0.486 e. The molecule has 2 aromatic rings. The second kappa shape index (κ2) is 6.87. The maximum atomic E-state index is 13.4. The maximum absolute atomic E-state index is 13.4. The van der Waals surface area contributed by atoms with Crippen molar-refractivity contribution in [2.45, 2.75) is 0 Å². The van der Waals surface area contributed by atoms with Crippen LogP contribution in [-0.4, -0.2) is 25.7 Å². The lowest BCUT2D eigenvalue weighted by Crippen LogP contribution is -2.21. The molecule has 1 N–H and O–H groups in total. The molecule has 23 heavy (non-hydrogen) atoms. The number of benzene rings is 2. The number of hydrogen-bond donors (Lipinski definition) is 1. The Morgan fingerprint density at radius 2 is 1.91 bits per heavy atom. The molecule has 0 bridgehead atoms. The van der Waals surface area contributed by atoms with Gasteiger partial charge in [-0.25, -0.2) is 4.39 Å².